The third-order valence-electron chi connectivity index (χ3n) is 2.88. The van der Waals surface area contributed by atoms with Crippen molar-refractivity contribution in [2.45, 2.75) is 18.9 Å². The molecule has 0 amide bonds. The molecule has 1 N–H and O–H groups in total. The molecule has 1 aliphatic heterocycles. The van der Waals surface area contributed by atoms with Crippen molar-refractivity contribution in [1.29, 1.82) is 0 Å². The summed E-state index contributed by atoms with van der Waals surface area (Å²) in [6.07, 6.45) is 2.33. The van der Waals surface area contributed by atoms with Gasteiger partial charge in [-0.15, -0.1) is 0 Å². The van der Waals surface area contributed by atoms with E-state index in [1.54, 1.807) is 0 Å². The van der Waals surface area contributed by atoms with Gasteiger partial charge < -0.3 is 10.1 Å². The van der Waals surface area contributed by atoms with E-state index < -0.39 is 0 Å². The van der Waals surface area contributed by atoms with Crippen LogP contribution in [-0.2, 0) is 4.74 Å². The van der Waals surface area contributed by atoms with E-state index >= 15 is 0 Å². The second kappa shape index (κ2) is 4.39. The van der Waals surface area contributed by atoms with E-state index in [1.807, 2.05) is 12.1 Å². The summed E-state index contributed by atoms with van der Waals surface area (Å²) < 4.78 is 9.89. The Bertz CT molecular complexity index is 477. The van der Waals surface area contributed by atoms with Crippen LogP contribution in [0.25, 0.3) is 10.9 Å². The van der Waals surface area contributed by atoms with Gasteiger partial charge in [-0.2, -0.15) is 4.37 Å². The first-order valence-corrected chi connectivity index (χ1v) is 6.39. The first kappa shape index (κ1) is 10.1. The molecule has 0 radical (unpaired) electrons. The normalized spacial score (nSPS) is 21.1. The van der Waals surface area contributed by atoms with Crippen LogP contribution in [0.3, 0.4) is 0 Å². The third kappa shape index (κ3) is 1.90. The molecular formula is C12H14N2OS. The van der Waals surface area contributed by atoms with Gasteiger partial charge in [0.1, 0.15) is 5.00 Å². The molecule has 1 saturated heterocycles. The van der Waals surface area contributed by atoms with Crippen LogP contribution in [0.1, 0.15) is 12.8 Å². The zero-order valence-corrected chi connectivity index (χ0v) is 9.80. The minimum absolute atomic E-state index is 0.442. The number of anilines is 1. The molecule has 3 nitrogen and oxygen atoms in total. The first-order chi connectivity index (χ1) is 7.93. The quantitative estimate of drug-likeness (QED) is 0.867. The molecule has 16 heavy (non-hydrogen) atoms. The summed E-state index contributed by atoms with van der Waals surface area (Å²) in [6.45, 7) is 1.72. The summed E-state index contributed by atoms with van der Waals surface area (Å²) in [5, 5.41) is 5.93. The Morgan fingerprint density at radius 3 is 3.19 bits per heavy atom. The van der Waals surface area contributed by atoms with Crippen LogP contribution < -0.4 is 5.32 Å². The van der Waals surface area contributed by atoms with Crippen molar-refractivity contribution in [3.05, 3.63) is 24.3 Å². The highest BCUT2D eigenvalue weighted by Crippen LogP contribution is 2.28. The first-order valence-electron chi connectivity index (χ1n) is 5.62. The Morgan fingerprint density at radius 1 is 1.38 bits per heavy atom. The molecule has 1 unspecified atom stereocenters. The minimum Gasteiger partial charge on any atom is -0.379 e. The van der Waals surface area contributed by atoms with Crippen molar-refractivity contribution in [3.8, 4) is 0 Å². The van der Waals surface area contributed by atoms with Crippen molar-refractivity contribution in [2.75, 3.05) is 18.5 Å². The number of ether oxygens (including phenoxy) is 1. The van der Waals surface area contributed by atoms with Crippen molar-refractivity contribution < 1.29 is 4.74 Å². The molecule has 3 rings (SSSR count). The zero-order valence-electron chi connectivity index (χ0n) is 8.98. The molecule has 4 heteroatoms. The fourth-order valence-corrected chi connectivity index (χ4v) is 2.87. The Hall–Kier alpha value is -1.13. The second-order valence-corrected chi connectivity index (χ2v) is 4.86. The van der Waals surface area contributed by atoms with Crippen LogP contribution in [-0.4, -0.2) is 23.6 Å². The fraction of sp³-hybridized carbons (Fsp3) is 0.417. The van der Waals surface area contributed by atoms with Crippen LogP contribution in [0.2, 0.25) is 0 Å². The molecule has 1 atom stereocenters. The van der Waals surface area contributed by atoms with E-state index in [2.05, 4.69) is 21.8 Å². The third-order valence-corrected chi connectivity index (χ3v) is 3.69. The SMILES string of the molecule is c1ccc2c(NC3CCCOC3)snc2c1. The molecule has 0 spiro atoms. The average Bonchev–Trinajstić information content (AvgIpc) is 2.74. The summed E-state index contributed by atoms with van der Waals surface area (Å²) in [7, 11) is 0. The molecule has 1 fully saturated rings. The van der Waals surface area contributed by atoms with E-state index in [0.29, 0.717) is 6.04 Å². The van der Waals surface area contributed by atoms with E-state index in [9.17, 15) is 0 Å². The van der Waals surface area contributed by atoms with Gasteiger partial charge >= 0.3 is 0 Å². The van der Waals surface area contributed by atoms with Gasteiger partial charge in [0.2, 0.25) is 0 Å². The number of fused-ring (bicyclic) bond motifs is 1. The monoisotopic (exact) mass is 234 g/mol. The number of rotatable bonds is 2. The molecule has 1 aromatic heterocycles. The molecule has 0 bridgehead atoms. The van der Waals surface area contributed by atoms with Gasteiger partial charge in [-0.05, 0) is 36.5 Å². The van der Waals surface area contributed by atoms with Crippen LogP contribution in [0, 0.1) is 0 Å². The van der Waals surface area contributed by atoms with Gasteiger partial charge in [0, 0.05) is 12.0 Å². The molecule has 2 aromatic rings. The maximum atomic E-state index is 5.46. The van der Waals surface area contributed by atoms with Gasteiger partial charge in [-0.1, -0.05) is 12.1 Å². The predicted octanol–water partition coefficient (Wildman–Crippen LogP) is 2.89. The molecule has 0 saturated carbocycles. The molecular weight excluding hydrogens is 220 g/mol. The van der Waals surface area contributed by atoms with Crippen LogP contribution in [0.15, 0.2) is 24.3 Å². The summed E-state index contributed by atoms with van der Waals surface area (Å²) in [5.41, 5.74) is 1.08. The van der Waals surface area contributed by atoms with Gasteiger partial charge in [-0.3, -0.25) is 0 Å². The summed E-state index contributed by atoms with van der Waals surface area (Å²) in [6, 6.07) is 8.69. The summed E-state index contributed by atoms with van der Waals surface area (Å²) >= 11 is 1.54. The van der Waals surface area contributed by atoms with E-state index in [-0.39, 0.29) is 0 Å². The van der Waals surface area contributed by atoms with E-state index in [0.717, 1.165) is 25.2 Å². The van der Waals surface area contributed by atoms with E-state index in [4.69, 9.17) is 4.74 Å². The largest absolute Gasteiger partial charge is 0.379 e. The maximum absolute atomic E-state index is 5.46. The number of aromatic nitrogens is 1. The lowest BCUT2D eigenvalue weighted by Gasteiger charge is -2.23. The smallest absolute Gasteiger partial charge is 0.117 e. The highest BCUT2D eigenvalue weighted by molar-refractivity contribution is 7.11. The lowest BCUT2D eigenvalue weighted by Crippen LogP contribution is -2.29. The number of hydrogen-bond donors (Lipinski definition) is 1. The Morgan fingerprint density at radius 2 is 2.31 bits per heavy atom. The molecule has 1 aliphatic rings. The zero-order chi connectivity index (χ0) is 10.8. The predicted molar refractivity (Wildman–Crippen MR) is 67.1 cm³/mol. The molecule has 84 valence electrons. The fourth-order valence-electron chi connectivity index (χ4n) is 2.03. The number of benzene rings is 1. The Balaban J connectivity index is 1.83. The van der Waals surface area contributed by atoms with Crippen molar-refractivity contribution in [1.82, 2.24) is 4.37 Å². The van der Waals surface area contributed by atoms with Gasteiger partial charge in [0.15, 0.2) is 0 Å². The Labute approximate surface area is 98.6 Å². The number of hydrogen-bond acceptors (Lipinski definition) is 4. The lowest BCUT2D eigenvalue weighted by atomic mass is 10.1. The van der Waals surface area contributed by atoms with Crippen molar-refractivity contribution in [2.24, 2.45) is 0 Å². The Kier molecular flexibility index (Phi) is 2.76. The summed E-state index contributed by atoms with van der Waals surface area (Å²) in [5.74, 6) is 0. The van der Waals surface area contributed by atoms with E-state index in [1.165, 1.54) is 28.3 Å². The molecule has 2 heterocycles. The van der Waals surface area contributed by atoms with Crippen molar-refractivity contribution in [3.63, 3.8) is 0 Å². The molecule has 0 aliphatic carbocycles. The average molecular weight is 234 g/mol. The second-order valence-electron chi connectivity index (χ2n) is 4.09. The number of nitrogens with one attached hydrogen (secondary N) is 1. The van der Waals surface area contributed by atoms with Gasteiger partial charge in [0.25, 0.3) is 0 Å². The summed E-state index contributed by atoms with van der Waals surface area (Å²) in [4.78, 5) is 0. The van der Waals surface area contributed by atoms with Gasteiger partial charge in [-0.25, -0.2) is 0 Å². The topological polar surface area (TPSA) is 34.1 Å². The van der Waals surface area contributed by atoms with Crippen LogP contribution in [0.4, 0.5) is 5.00 Å². The minimum atomic E-state index is 0.442. The number of nitrogens with zero attached hydrogens (tertiary/aromatic N) is 1. The van der Waals surface area contributed by atoms with Gasteiger partial charge in [0.05, 0.1) is 18.2 Å². The highest BCUT2D eigenvalue weighted by atomic mass is 32.1. The van der Waals surface area contributed by atoms with Crippen LogP contribution >= 0.6 is 11.5 Å². The highest BCUT2D eigenvalue weighted by Gasteiger charge is 2.15. The lowest BCUT2D eigenvalue weighted by molar-refractivity contribution is 0.0877. The molecule has 1 aromatic carbocycles. The van der Waals surface area contributed by atoms with Crippen LogP contribution in [0.5, 0.6) is 0 Å². The van der Waals surface area contributed by atoms with Crippen molar-refractivity contribution >= 4 is 27.4 Å². The standard InChI is InChI=1S/C12H14N2OS/c1-2-6-11-10(5-1)12(16-14-11)13-9-4-3-7-15-8-9/h1-2,5-6,9,13H,3-4,7-8H2. The maximum Gasteiger partial charge on any atom is 0.117 e.